The number of aryl methyl sites for hydroxylation is 4. The minimum absolute atomic E-state index is 0.0872. The third-order valence-corrected chi connectivity index (χ3v) is 7.56. The first-order valence-corrected chi connectivity index (χ1v) is 12.5. The molecule has 1 heterocycles. The summed E-state index contributed by atoms with van der Waals surface area (Å²) in [4.78, 5) is -0.174. The largest absolute Gasteiger partial charge is 0.380 e. The molecular formula is C21H26O7S2. The molecule has 0 unspecified atom stereocenters. The van der Waals surface area contributed by atoms with E-state index in [0.29, 0.717) is 50.0 Å². The molecule has 2 aromatic rings. The molecule has 3 rings (SSSR count). The van der Waals surface area contributed by atoms with E-state index in [1.54, 1.807) is 24.3 Å². The highest BCUT2D eigenvalue weighted by molar-refractivity contribution is 7.86. The summed E-state index contributed by atoms with van der Waals surface area (Å²) in [7, 11) is -8.63. The van der Waals surface area contributed by atoms with Crippen molar-refractivity contribution in [3.63, 3.8) is 0 Å². The first-order chi connectivity index (χ1) is 13.9. The lowest BCUT2D eigenvalue weighted by Gasteiger charge is -2.42. The summed E-state index contributed by atoms with van der Waals surface area (Å²) < 4.78 is 71.2. The van der Waals surface area contributed by atoms with Crippen LogP contribution in [0.5, 0.6) is 0 Å². The number of ether oxygens (including phenoxy) is 1. The molecule has 7 nitrogen and oxygen atoms in total. The van der Waals surface area contributed by atoms with Gasteiger partial charge in [-0.05, 0) is 62.8 Å². The van der Waals surface area contributed by atoms with Gasteiger partial charge in [0.1, 0.15) is 0 Å². The standard InChI is InChI=1S/C21H26O7S2/c1-15-3-5-19(29(22,23)24)17(11-15)7-9-21(13-28-14-21)10-8-18-12-16(2)4-6-20(18)30(25,26)27/h3-6,11-12H,7-10,13-14H2,1-2H3,(H,22,23,24)(H,25,26,27). The van der Waals surface area contributed by atoms with Gasteiger partial charge in [-0.2, -0.15) is 16.8 Å². The molecule has 0 aliphatic carbocycles. The topological polar surface area (TPSA) is 118 Å². The van der Waals surface area contributed by atoms with Crippen LogP contribution in [0.1, 0.15) is 35.1 Å². The summed E-state index contributed by atoms with van der Waals surface area (Å²) in [6.07, 6.45) is 2.15. The van der Waals surface area contributed by atoms with Crippen LogP contribution in [0.4, 0.5) is 0 Å². The van der Waals surface area contributed by atoms with Gasteiger partial charge >= 0.3 is 0 Å². The van der Waals surface area contributed by atoms with Gasteiger partial charge in [-0.25, -0.2) is 0 Å². The van der Waals surface area contributed by atoms with Gasteiger partial charge in [0.2, 0.25) is 0 Å². The second-order valence-corrected chi connectivity index (χ2v) is 10.9. The number of benzene rings is 2. The van der Waals surface area contributed by atoms with Crippen LogP contribution in [0.2, 0.25) is 0 Å². The Balaban J connectivity index is 1.78. The maximum atomic E-state index is 11.7. The Morgan fingerprint density at radius 3 is 1.50 bits per heavy atom. The molecule has 0 atom stereocenters. The molecule has 2 aromatic carbocycles. The molecule has 0 spiro atoms. The molecule has 0 radical (unpaired) electrons. The van der Waals surface area contributed by atoms with E-state index in [9.17, 15) is 25.9 Å². The Morgan fingerprint density at radius 1 is 0.800 bits per heavy atom. The molecule has 1 saturated heterocycles. The molecular weight excluding hydrogens is 428 g/mol. The van der Waals surface area contributed by atoms with Crippen LogP contribution in [0.15, 0.2) is 46.2 Å². The van der Waals surface area contributed by atoms with Crippen LogP contribution in [-0.2, 0) is 37.8 Å². The highest BCUT2D eigenvalue weighted by Gasteiger charge is 2.38. The fraction of sp³-hybridized carbons (Fsp3) is 0.429. The third-order valence-electron chi connectivity index (χ3n) is 5.65. The van der Waals surface area contributed by atoms with E-state index in [1.807, 2.05) is 13.8 Å². The average molecular weight is 455 g/mol. The quantitative estimate of drug-likeness (QED) is 0.587. The molecule has 30 heavy (non-hydrogen) atoms. The van der Waals surface area contributed by atoms with Gasteiger partial charge in [-0.15, -0.1) is 0 Å². The van der Waals surface area contributed by atoms with E-state index in [0.717, 1.165) is 11.1 Å². The maximum absolute atomic E-state index is 11.7. The van der Waals surface area contributed by atoms with Crippen LogP contribution < -0.4 is 0 Å². The summed E-state index contributed by atoms with van der Waals surface area (Å²) in [5.41, 5.74) is 2.68. The van der Waals surface area contributed by atoms with Gasteiger partial charge in [0.25, 0.3) is 20.2 Å². The summed E-state index contributed by atoms with van der Waals surface area (Å²) >= 11 is 0. The zero-order valence-electron chi connectivity index (χ0n) is 17.0. The van der Waals surface area contributed by atoms with Gasteiger partial charge in [-0.1, -0.05) is 35.4 Å². The van der Waals surface area contributed by atoms with E-state index in [4.69, 9.17) is 4.74 Å². The van der Waals surface area contributed by atoms with E-state index in [-0.39, 0.29) is 15.2 Å². The van der Waals surface area contributed by atoms with Crippen LogP contribution in [0.3, 0.4) is 0 Å². The van der Waals surface area contributed by atoms with Crippen LogP contribution in [-0.4, -0.2) is 39.2 Å². The van der Waals surface area contributed by atoms with Crippen LogP contribution in [0.25, 0.3) is 0 Å². The average Bonchev–Trinajstić information content (AvgIpc) is 2.58. The summed E-state index contributed by atoms with van der Waals surface area (Å²) in [5.74, 6) is 0. The first-order valence-electron chi connectivity index (χ1n) is 9.61. The predicted molar refractivity (Wildman–Crippen MR) is 112 cm³/mol. The van der Waals surface area contributed by atoms with Crippen LogP contribution >= 0.6 is 0 Å². The zero-order chi connectivity index (χ0) is 22.2. The lowest BCUT2D eigenvalue weighted by atomic mass is 9.75. The first kappa shape index (κ1) is 22.9. The molecule has 0 amide bonds. The van der Waals surface area contributed by atoms with Gasteiger partial charge in [-0.3, -0.25) is 9.11 Å². The molecule has 1 aliphatic heterocycles. The van der Waals surface area contributed by atoms with E-state index < -0.39 is 20.2 Å². The lowest BCUT2D eigenvalue weighted by Crippen LogP contribution is -2.43. The Morgan fingerprint density at radius 2 is 1.20 bits per heavy atom. The van der Waals surface area contributed by atoms with Gasteiger partial charge in [0, 0.05) is 5.41 Å². The Kier molecular flexibility index (Phi) is 6.41. The SMILES string of the molecule is Cc1ccc(S(=O)(=O)O)c(CCC2(CCc3cc(C)ccc3S(=O)(=O)O)COC2)c1. The summed E-state index contributed by atoms with van der Waals surface area (Å²) in [5, 5.41) is 0. The van der Waals surface area contributed by atoms with Gasteiger partial charge in [0.05, 0.1) is 23.0 Å². The van der Waals surface area contributed by atoms with E-state index in [1.165, 1.54) is 12.1 Å². The van der Waals surface area contributed by atoms with E-state index in [2.05, 4.69) is 0 Å². The predicted octanol–water partition coefficient (Wildman–Crippen LogP) is 3.38. The molecule has 2 N–H and O–H groups in total. The van der Waals surface area contributed by atoms with Crippen molar-refractivity contribution in [1.82, 2.24) is 0 Å². The number of rotatable bonds is 8. The molecule has 9 heteroatoms. The minimum atomic E-state index is -4.31. The van der Waals surface area contributed by atoms with Crippen molar-refractivity contribution in [3.05, 3.63) is 58.7 Å². The summed E-state index contributed by atoms with van der Waals surface area (Å²) in [6.45, 7) is 4.70. The maximum Gasteiger partial charge on any atom is 0.294 e. The molecule has 0 saturated carbocycles. The highest BCUT2D eigenvalue weighted by atomic mass is 32.2. The Labute approximate surface area is 177 Å². The third kappa shape index (κ3) is 5.28. The fourth-order valence-electron chi connectivity index (χ4n) is 3.91. The van der Waals surface area contributed by atoms with Crippen molar-refractivity contribution in [2.24, 2.45) is 5.41 Å². The van der Waals surface area contributed by atoms with Crippen molar-refractivity contribution in [2.75, 3.05) is 13.2 Å². The molecule has 0 aromatic heterocycles. The smallest absolute Gasteiger partial charge is 0.294 e. The zero-order valence-corrected chi connectivity index (χ0v) is 18.6. The minimum Gasteiger partial charge on any atom is -0.380 e. The normalized spacial score (nSPS) is 16.3. The van der Waals surface area contributed by atoms with Gasteiger partial charge < -0.3 is 4.74 Å². The number of hydrogen-bond acceptors (Lipinski definition) is 5. The van der Waals surface area contributed by atoms with E-state index >= 15 is 0 Å². The second-order valence-electron chi connectivity index (χ2n) is 8.17. The van der Waals surface area contributed by atoms with Crippen molar-refractivity contribution < 1.29 is 30.7 Å². The highest BCUT2D eigenvalue weighted by Crippen LogP contribution is 2.39. The van der Waals surface area contributed by atoms with Crippen molar-refractivity contribution in [1.29, 1.82) is 0 Å². The fourth-order valence-corrected chi connectivity index (χ4v) is 5.38. The second kappa shape index (κ2) is 8.39. The van der Waals surface area contributed by atoms with Gasteiger partial charge in [0.15, 0.2) is 0 Å². The van der Waals surface area contributed by atoms with Crippen molar-refractivity contribution in [2.45, 2.75) is 49.3 Å². The molecule has 0 bridgehead atoms. The number of hydrogen-bond donors (Lipinski definition) is 2. The summed E-state index contributed by atoms with van der Waals surface area (Å²) in [6, 6.07) is 9.62. The Hall–Kier alpha value is -1.78. The monoisotopic (exact) mass is 454 g/mol. The van der Waals surface area contributed by atoms with Crippen molar-refractivity contribution >= 4 is 20.2 Å². The molecule has 1 fully saturated rings. The Bertz CT molecular complexity index is 1060. The van der Waals surface area contributed by atoms with Crippen LogP contribution in [0, 0.1) is 19.3 Å². The molecule has 1 aliphatic rings. The van der Waals surface area contributed by atoms with Crippen molar-refractivity contribution in [3.8, 4) is 0 Å². The molecule has 164 valence electrons. The lowest BCUT2D eigenvalue weighted by molar-refractivity contribution is -0.121.